The van der Waals surface area contributed by atoms with Crippen molar-refractivity contribution in [2.24, 2.45) is 0 Å². The molecule has 3 aromatic rings. The van der Waals surface area contributed by atoms with Gasteiger partial charge in [0.15, 0.2) is 0 Å². The van der Waals surface area contributed by atoms with Gasteiger partial charge in [-0.15, -0.1) is 5.10 Å². The highest BCUT2D eigenvalue weighted by Crippen LogP contribution is 2.21. The van der Waals surface area contributed by atoms with Gasteiger partial charge < -0.3 is 14.2 Å². The van der Waals surface area contributed by atoms with E-state index in [2.05, 4.69) is 21.0 Å². The van der Waals surface area contributed by atoms with Gasteiger partial charge in [-0.3, -0.25) is 4.79 Å². The first kappa shape index (κ1) is 19.0. The summed E-state index contributed by atoms with van der Waals surface area (Å²) in [6.45, 7) is 0.672. The summed E-state index contributed by atoms with van der Waals surface area (Å²) in [4.78, 5) is 12.2. The number of aromatic nitrogens is 2. The summed E-state index contributed by atoms with van der Waals surface area (Å²) in [6, 6.07) is 16.5. The van der Waals surface area contributed by atoms with Crippen molar-refractivity contribution in [2.45, 2.75) is 13.2 Å². The first-order valence-corrected chi connectivity index (χ1v) is 9.04. The van der Waals surface area contributed by atoms with E-state index in [0.29, 0.717) is 23.5 Å². The molecule has 0 fully saturated rings. The van der Waals surface area contributed by atoms with Gasteiger partial charge in [-0.2, -0.15) is 0 Å². The van der Waals surface area contributed by atoms with Gasteiger partial charge in [0.1, 0.15) is 18.1 Å². The maximum atomic E-state index is 12.2. The molecule has 0 aliphatic heterocycles. The predicted octanol–water partition coefficient (Wildman–Crippen LogP) is 3.65. The maximum absolute atomic E-state index is 12.2. The molecule has 3 rings (SSSR count). The molecule has 0 bridgehead atoms. The fourth-order valence-electron chi connectivity index (χ4n) is 2.44. The Bertz CT molecular complexity index is 953. The highest BCUT2D eigenvalue weighted by atomic mass is 79.9. The van der Waals surface area contributed by atoms with Crippen LogP contribution in [0.2, 0.25) is 0 Å². The number of benzene rings is 2. The summed E-state index contributed by atoms with van der Waals surface area (Å²) in [5.74, 6) is 1.91. The van der Waals surface area contributed by atoms with Gasteiger partial charge in [0.05, 0.1) is 25.2 Å². The van der Waals surface area contributed by atoms with E-state index in [1.807, 2.05) is 48.5 Å². The van der Waals surface area contributed by atoms with Crippen molar-refractivity contribution < 1.29 is 14.2 Å². The second kappa shape index (κ2) is 8.73. The average Bonchev–Trinajstić information content (AvgIpc) is 2.70. The lowest BCUT2D eigenvalue weighted by molar-refractivity contribution is 0.281. The molecule has 2 aromatic carbocycles. The standard InChI is InChI=1S/C20H19BrN2O4/c1-25-16-7-3-14(4-8-16)12-23-19(24)11-18(21)20(22-23)27-13-15-5-9-17(26-2)10-6-15/h3-11H,12-13H2,1-2H3. The number of halogens is 1. The summed E-state index contributed by atoms with van der Waals surface area (Å²) >= 11 is 3.34. The van der Waals surface area contributed by atoms with Crippen LogP contribution in [0, 0.1) is 0 Å². The molecule has 1 aromatic heterocycles. The molecular weight excluding hydrogens is 412 g/mol. The number of rotatable bonds is 7. The summed E-state index contributed by atoms with van der Waals surface area (Å²) in [7, 11) is 3.24. The smallest absolute Gasteiger partial charge is 0.268 e. The van der Waals surface area contributed by atoms with Crippen LogP contribution in [0.5, 0.6) is 17.4 Å². The van der Waals surface area contributed by atoms with Crippen LogP contribution < -0.4 is 19.8 Å². The molecular formula is C20H19BrN2O4. The van der Waals surface area contributed by atoms with E-state index in [4.69, 9.17) is 14.2 Å². The topological polar surface area (TPSA) is 62.6 Å². The number of nitrogens with zero attached hydrogens (tertiary/aromatic N) is 2. The molecule has 0 spiro atoms. The fraction of sp³-hybridized carbons (Fsp3) is 0.200. The van der Waals surface area contributed by atoms with Gasteiger partial charge >= 0.3 is 0 Å². The monoisotopic (exact) mass is 430 g/mol. The molecule has 6 nitrogen and oxygen atoms in total. The summed E-state index contributed by atoms with van der Waals surface area (Å²) in [5.41, 5.74) is 1.70. The minimum absolute atomic E-state index is 0.213. The van der Waals surface area contributed by atoms with Gasteiger partial charge in [0, 0.05) is 6.07 Å². The summed E-state index contributed by atoms with van der Waals surface area (Å²) < 4.78 is 18.0. The first-order valence-electron chi connectivity index (χ1n) is 8.25. The summed E-state index contributed by atoms with van der Waals surface area (Å²) in [6.07, 6.45) is 0. The highest BCUT2D eigenvalue weighted by Gasteiger charge is 2.09. The maximum Gasteiger partial charge on any atom is 0.268 e. The quantitative estimate of drug-likeness (QED) is 0.572. The van der Waals surface area contributed by atoms with Crippen LogP contribution in [-0.2, 0) is 13.2 Å². The van der Waals surface area contributed by atoms with Crippen molar-refractivity contribution in [3.63, 3.8) is 0 Å². The lowest BCUT2D eigenvalue weighted by Gasteiger charge is -2.11. The molecule has 0 aliphatic rings. The molecule has 0 radical (unpaired) electrons. The van der Waals surface area contributed by atoms with Crippen LogP contribution in [0.15, 0.2) is 63.9 Å². The molecule has 0 amide bonds. The summed E-state index contributed by atoms with van der Waals surface area (Å²) in [5, 5.41) is 4.34. The lowest BCUT2D eigenvalue weighted by atomic mass is 10.2. The van der Waals surface area contributed by atoms with Crippen LogP contribution in [-0.4, -0.2) is 24.0 Å². The largest absolute Gasteiger partial charge is 0.497 e. The van der Waals surface area contributed by atoms with Crippen molar-refractivity contribution in [3.8, 4) is 17.4 Å². The Hall–Kier alpha value is -2.80. The normalized spacial score (nSPS) is 10.5. The number of ether oxygens (including phenoxy) is 3. The molecule has 0 unspecified atom stereocenters. The zero-order chi connectivity index (χ0) is 19.2. The lowest BCUT2D eigenvalue weighted by Crippen LogP contribution is -2.23. The Balaban J connectivity index is 1.75. The first-order chi connectivity index (χ1) is 13.1. The van der Waals surface area contributed by atoms with Gasteiger partial charge in [-0.1, -0.05) is 24.3 Å². The van der Waals surface area contributed by atoms with Crippen LogP contribution in [0.4, 0.5) is 0 Å². The second-order valence-electron chi connectivity index (χ2n) is 5.78. The predicted molar refractivity (Wildman–Crippen MR) is 106 cm³/mol. The van der Waals surface area contributed by atoms with E-state index in [-0.39, 0.29) is 5.56 Å². The van der Waals surface area contributed by atoms with Gasteiger partial charge in [0.25, 0.3) is 5.56 Å². The van der Waals surface area contributed by atoms with E-state index in [1.165, 1.54) is 10.7 Å². The highest BCUT2D eigenvalue weighted by molar-refractivity contribution is 9.10. The van der Waals surface area contributed by atoms with Gasteiger partial charge in [-0.25, -0.2) is 4.68 Å². The van der Waals surface area contributed by atoms with E-state index >= 15 is 0 Å². The van der Waals surface area contributed by atoms with E-state index in [1.54, 1.807) is 14.2 Å². The van der Waals surface area contributed by atoms with Crippen molar-refractivity contribution in [2.75, 3.05) is 14.2 Å². The van der Waals surface area contributed by atoms with E-state index in [0.717, 1.165) is 22.6 Å². The van der Waals surface area contributed by atoms with E-state index < -0.39 is 0 Å². The zero-order valence-corrected chi connectivity index (χ0v) is 16.6. The molecule has 7 heteroatoms. The minimum atomic E-state index is -0.213. The molecule has 0 N–H and O–H groups in total. The van der Waals surface area contributed by atoms with Crippen molar-refractivity contribution in [1.29, 1.82) is 0 Å². The van der Waals surface area contributed by atoms with Crippen LogP contribution in [0.25, 0.3) is 0 Å². The minimum Gasteiger partial charge on any atom is -0.497 e. The third kappa shape index (κ3) is 4.89. The van der Waals surface area contributed by atoms with Crippen molar-refractivity contribution in [1.82, 2.24) is 9.78 Å². The van der Waals surface area contributed by atoms with Crippen LogP contribution in [0.1, 0.15) is 11.1 Å². The molecule has 0 saturated heterocycles. The number of hydrogen-bond acceptors (Lipinski definition) is 5. The second-order valence-corrected chi connectivity index (χ2v) is 6.63. The molecule has 0 aliphatic carbocycles. The van der Waals surface area contributed by atoms with Crippen LogP contribution in [0.3, 0.4) is 0 Å². The molecule has 1 heterocycles. The average molecular weight is 431 g/mol. The third-order valence-electron chi connectivity index (χ3n) is 3.95. The Morgan fingerprint density at radius 3 is 2.04 bits per heavy atom. The SMILES string of the molecule is COc1ccc(COc2nn(Cc3ccc(OC)cc3)c(=O)cc2Br)cc1. The molecule has 0 atom stereocenters. The molecule has 0 saturated carbocycles. The van der Waals surface area contributed by atoms with Gasteiger partial charge in [0.2, 0.25) is 5.88 Å². The Morgan fingerprint density at radius 2 is 1.48 bits per heavy atom. The van der Waals surface area contributed by atoms with Gasteiger partial charge in [-0.05, 0) is 51.3 Å². The number of methoxy groups -OCH3 is 2. The Kier molecular flexibility index (Phi) is 6.13. The fourth-order valence-corrected chi connectivity index (χ4v) is 2.83. The third-order valence-corrected chi connectivity index (χ3v) is 4.51. The Morgan fingerprint density at radius 1 is 0.926 bits per heavy atom. The van der Waals surface area contributed by atoms with E-state index in [9.17, 15) is 4.79 Å². The Labute approximate surface area is 165 Å². The van der Waals surface area contributed by atoms with Crippen molar-refractivity contribution in [3.05, 3.63) is 80.6 Å². The zero-order valence-electron chi connectivity index (χ0n) is 15.0. The molecule has 140 valence electrons. The molecule has 27 heavy (non-hydrogen) atoms. The van der Waals surface area contributed by atoms with Crippen molar-refractivity contribution >= 4 is 15.9 Å². The number of hydrogen-bond donors (Lipinski definition) is 0. The van der Waals surface area contributed by atoms with Crippen LogP contribution >= 0.6 is 15.9 Å².